The van der Waals surface area contributed by atoms with Gasteiger partial charge in [-0.25, -0.2) is 0 Å². The van der Waals surface area contributed by atoms with Crippen molar-refractivity contribution in [2.45, 2.75) is 49.8 Å². The van der Waals surface area contributed by atoms with Crippen molar-refractivity contribution in [1.82, 2.24) is 0 Å². The van der Waals surface area contributed by atoms with E-state index in [-0.39, 0.29) is 6.61 Å². The molecule has 29 heavy (non-hydrogen) atoms. The molecule has 5 atom stereocenters. The summed E-state index contributed by atoms with van der Waals surface area (Å²) in [6.45, 7) is 3.73. The van der Waals surface area contributed by atoms with Gasteiger partial charge in [-0.2, -0.15) is 0 Å². The fourth-order valence-corrected chi connectivity index (χ4v) is 7.21. The molecular formula is C21H28O7Si. The molecule has 2 unspecified atom stereocenters. The van der Waals surface area contributed by atoms with Crippen molar-refractivity contribution in [3.05, 3.63) is 60.7 Å². The summed E-state index contributed by atoms with van der Waals surface area (Å²) >= 11 is 0. The molecular weight excluding hydrogens is 392 g/mol. The lowest BCUT2D eigenvalue weighted by Gasteiger charge is -2.43. The predicted molar refractivity (Wildman–Crippen MR) is 109 cm³/mol. The minimum atomic E-state index is -3.32. The SMILES string of the molecule is CC(C)(COC1OC(O)[C@@H](O)[C@@H](O)[C@@H]1O)[Si](O)(c1ccccc1)c1ccccc1. The highest BCUT2D eigenvalue weighted by molar-refractivity contribution is 6.98. The molecule has 2 aromatic carbocycles. The maximum Gasteiger partial charge on any atom is 0.260 e. The zero-order chi connectivity index (χ0) is 21.2. The molecule has 2 aromatic rings. The molecule has 0 amide bonds. The van der Waals surface area contributed by atoms with Crippen molar-refractivity contribution in [2.75, 3.05) is 6.61 Å². The second-order valence-electron chi connectivity index (χ2n) is 8.00. The molecule has 1 fully saturated rings. The van der Waals surface area contributed by atoms with Crippen LogP contribution in [0, 0.1) is 0 Å². The molecule has 0 aromatic heterocycles. The average Bonchev–Trinajstić information content (AvgIpc) is 2.74. The van der Waals surface area contributed by atoms with Crippen LogP contribution >= 0.6 is 0 Å². The van der Waals surface area contributed by atoms with Crippen molar-refractivity contribution < 1.29 is 34.7 Å². The van der Waals surface area contributed by atoms with E-state index in [4.69, 9.17) is 9.47 Å². The fraction of sp³-hybridized carbons (Fsp3) is 0.429. The van der Waals surface area contributed by atoms with Gasteiger partial charge in [-0.05, 0) is 10.4 Å². The van der Waals surface area contributed by atoms with E-state index >= 15 is 0 Å². The first kappa shape index (κ1) is 22.1. The number of ether oxygens (including phenoxy) is 2. The number of hydrogen-bond donors (Lipinski definition) is 5. The molecule has 1 heterocycles. The third-order valence-corrected chi connectivity index (χ3v) is 9.96. The summed E-state index contributed by atoms with van der Waals surface area (Å²) in [7, 11) is -3.32. The molecule has 5 N–H and O–H groups in total. The maximum atomic E-state index is 12.0. The van der Waals surface area contributed by atoms with E-state index < -0.39 is 44.2 Å². The first-order valence-corrected chi connectivity index (χ1v) is 11.5. The Balaban J connectivity index is 1.88. The minimum absolute atomic E-state index is 0.0171. The van der Waals surface area contributed by atoms with Gasteiger partial charge in [0, 0.05) is 5.04 Å². The first-order valence-electron chi connectivity index (χ1n) is 9.51. The van der Waals surface area contributed by atoms with E-state index in [1.54, 1.807) is 0 Å². The lowest BCUT2D eigenvalue weighted by molar-refractivity contribution is -0.341. The standard InChI is InChI=1S/C21H28O7Si/c1-21(2,13-27-20-18(24)16(22)17(23)19(25)28-20)29(26,14-9-5-3-6-10-14)15-11-7-4-8-12-15/h3-12,16-20,22-26H,13H2,1-2H3/t16-,17+,18+,19?,20?/m1/s1. The molecule has 0 saturated carbocycles. The Hall–Kier alpha value is -1.62. The summed E-state index contributed by atoms with van der Waals surface area (Å²) < 4.78 is 10.8. The summed E-state index contributed by atoms with van der Waals surface area (Å²) in [5.41, 5.74) is 0. The number of aliphatic hydroxyl groups excluding tert-OH is 4. The first-order chi connectivity index (χ1) is 13.7. The van der Waals surface area contributed by atoms with E-state index in [1.165, 1.54) is 0 Å². The third kappa shape index (κ3) is 4.16. The van der Waals surface area contributed by atoms with Crippen molar-refractivity contribution >= 4 is 18.7 Å². The lowest BCUT2D eigenvalue weighted by Crippen LogP contribution is -2.67. The van der Waals surface area contributed by atoms with Crippen LogP contribution in [0.5, 0.6) is 0 Å². The van der Waals surface area contributed by atoms with Crippen LogP contribution in [-0.2, 0) is 9.47 Å². The van der Waals surface area contributed by atoms with Crippen LogP contribution in [0.25, 0.3) is 0 Å². The van der Waals surface area contributed by atoms with E-state index in [0.717, 1.165) is 10.4 Å². The second-order valence-corrected chi connectivity index (χ2v) is 11.9. The Morgan fingerprint density at radius 2 is 1.31 bits per heavy atom. The van der Waals surface area contributed by atoms with Gasteiger partial charge in [-0.3, -0.25) is 0 Å². The van der Waals surface area contributed by atoms with Crippen LogP contribution in [0.15, 0.2) is 60.7 Å². The average molecular weight is 421 g/mol. The van der Waals surface area contributed by atoms with Crippen molar-refractivity contribution in [1.29, 1.82) is 0 Å². The van der Waals surface area contributed by atoms with Gasteiger partial charge >= 0.3 is 0 Å². The molecule has 0 aliphatic carbocycles. The Labute approximate surface area is 170 Å². The Kier molecular flexibility index (Phi) is 6.56. The predicted octanol–water partition coefficient (Wildman–Crippen LogP) is -0.707. The minimum Gasteiger partial charge on any atom is -0.423 e. The second kappa shape index (κ2) is 8.63. The highest BCUT2D eigenvalue weighted by atomic mass is 28.4. The molecule has 7 nitrogen and oxygen atoms in total. The van der Waals surface area contributed by atoms with Gasteiger partial charge in [0.25, 0.3) is 8.32 Å². The monoisotopic (exact) mass is 420 g/mol. The molecule has 3 rings (SSSR count). The van der Waals surface area contributed by atoms with Crippen LogP contribution in [-0.4, -0.2) is 71.0 Å². The summed E-state index contributed by atoms with van der Waals surface area (Å²) in [4.78, 5) is 12.0. The third-order valence-electron chi connectivity index (χ3n) is 5.52. The molecule has 8 heteroatoms. The molecule has 1 saturated heterocycles. The molecule has 1 aliphatic heterocycles. The van der Waals surface area contributed by atoms with Crippen molar-refractivity contribution in [3.8, 4) is 0 Å². The normalized spacial score (nSPS) is 28.3. The number of aliphatic hydroxyl groups is 4. The van der Waals surface area contributed by atoms with Gasteiger partial charge in [0.15, 0.2) is 12.6 Å². The van der Waals surface area contributed by atoms with Gasteiger partial charge in [-0.15, -0.1) is 0 Å². The fourth-order valence-electron chi connectivity index (χ4n) is 3.67. The molecule has 0 bridgehead atoms. The maximum absolute atomic E-state index is 12.0. The topological polar surface area (TPSA) is 120 Å². The smallest absolute Gasteiger partial charge is 0.260 e. The van der Waals surface area contributed by atoms with Crippen LogP contribution in [0.4, 0.5) is 0 Å². The quantitative estimate of drug-likeness (QED) is 0.392. The lowest BCUT2D eigenvalue weighted by atomic mass is 10.0. The summed E-state index contributed by atoms with van der Waals surface area (Å²) in [5.74, 6) is 0. The van der Waals surface area contributed by atoms with Crippen LogP contribution in [0.3, 0.4) is 0 Å². The number of benzene rings is 2. The van der Waals surface area contributed by atoms with Crippen LogP contribution < -0.4 is 10.4 Å². The van der Waals surface area contributed by atoms with E-state index in [1.807, 2.05) is 74.5 Å². The molecule has 158 valence electrons. The van der Waals surface area contributed by atoms with Crippen molar-refractivity contribution in [2.24, 2.45) is 0 Å². The van der Waals surface area contributed by atoms with E-state index in [0.29, 0.717) is 0 Å². The highest BCUT2D eigenvalue weighted by Crippen LogP contribution is 2.36. The largest absolute Gasteiger partial charge is 0.423 e. The highest BCUT2D eigenvalue weighted by Gasteiger charge is 2.51. The van der Waals surface area contributed by atoms with Gasteiger partial charge in [-0.1, -0.05) is 74.5 Å². The van der Waals surface area contributed by atoms with Gasteiger partial charge in [0.1, 0.15) is 18.3 Å². The molecule has 1 aliphatic rings. The van der Waals surface area contributed by atoms with Crippen LogP contribution in [0.1, 0.15) is 13.8 Å². The Bertz CT molecular complexity index is 747. The summed E-state index contributed by atoms with van der Waals surface area (Å²) in [5, 5.41) is 40.2. The zero-order valence-corrected chi connectivity index (χ0v) is 17.4. The Morgan fingerprint density at radius 3 is 1.79 bits per heavy atom. The zero-order valence-electron chi connectivity index (χ0n) is 16.4. The van der Waals surface area contributed by atoms with Gasteiger partial charge < -0.3 is 34.7 Å². The number of hydrogen-bond acceptors (Lipinski definition) is 7. The van der Waals surface area contributed by atoms with Crippen LogP contribution in [0.2, 0.25) is 5.04 Å². The summed E-state index contributed by atoms with van der Waals surface area (Å²) in [6, 6.07) is 18.8. The molecule has 0 radical (unpaired) electrons. The summed E-state index contributed by atoms with van der Waals surface area (Å²) in [6.07, 6.45) is -7.79. The van der Waals surface area contributed by atoms with Gasteiger partial charge in [0.2, 0.25) is 0 Å². The Morgan fingerprint density at radius 1 is 0.828 bits per heavy atom. The van der Waals surface area contributed by atoms with E-state index in [2.05, 4.69) is 0 Å². The van der Waals surface area contributed by atoms with Crippen molar-refractivity contribution in [3.63, 3.8) is 0 Å². The van der Waals surface area contributed by atoms with Gasteiger partial charge in [0.05, 0.1) is 6.61 Å². The molecule has 0 spiro atoms. The van der Waals surface area contributed by atoms with E-state index in [9.17, 15) is 25.2 Å². The number of rotatable bonds is 6.